The molecule has 0 N–H and O–H groups in total. The molecule has 3 aromatic rings. The lowest BCUT2D eigenvalue weighted by atomic mass is 10.0. The van der Waals surface area contributed by atoms with Gasteiger partial charge in [0, 0.05) is 18.0 Å². The topological polar surface area (TPSA) is 25.8 Å². The van der Waals surface area contributed by atoms with E-state index in [1.165, 1.54) is 23.1 Å². The van der Waals surface area contributed by atoms with Crippen LogP contribution in [0.15, 0.2) is 60.9 Å². The van der Waals surface area contributed by atoms with Crippen LogP contribution in [0, 0.1) is 6.92 Å². The second-order valence-electron chi connectivity index (χ2n) is 5.61. The highest BCUT2D eigenvalue weighted by Crippen LogP contribution is 2.23. The molecule has 0 aliphatic rings. The first-order valence-corrected chi connectivity index (χ1v) is 7.74. The summed E-state index contributed by atoms with van der Waals surface area (Å²) >= 11 is 0. The molecule has 3 rings (SSSR count). The molecule has 110 valence electrons. The van der Waals surface area contributed by atoms with Crippen molar-refractivity contribution in [2.75, 3.05) is 0 Å². The molecule has 0 saturated heterocycles. The number of hydrogen-bond donors (Lipinski definition) is 0. The third-order valence-corrected chi connectivity index (χ3v) is 3.75. The van der Waals surface area contributed by atoms with Gasteiger partial charge in [-0.05, 0) is 35.6 Å². The first-order chi connectivity index (χ1) is 10.8. The number of benzene rings is 2. The molecule has 1 heterocycles. The summed E-state index contributed by atoms with van der Waals surface area (Å²) in [5.74, 6) is 0.774. The van der Waals surface area contributed by atoms with E-state index in [4.69, 9.17) is 0 Å². The van der Waals surface area contributed by atoms with Crippen LogP contribution in [0.5, 0.6) is 0 Å². The van der Waals surface area contributed by atoms with E-state index < -0.39 is 0 Å². The van der Waals surface area contributed by atoms with Gasteiger partial charge in [-0.1, -0.05) is 61.9 Å². The maximum Gasteiger partial charge on any atom is 0.159 e. The molecule has 0 aliphatic heterocycles. The zero-order chi connectivity index (χ0) is 15.4. The second-order valence-corrected chi connectivity index (χ2v) is 5.61. The Morgan fingerprint density at radius 2 is 1.23 bits per heavy atom. The minimum Gasteiger partial charge on any atom is -0.236 e. The largest absolute Gasteiger partial charge is 0.236 e. The van der Waals surface area contributed by atoms with Gasteiger partial charge in [-0.25, -0.2) is 9.97 Å². The van der Waals surface area contributed by atoms with E-state index in [-0.39, 0.29) is 0 Å². The summed E-state index contributed by atoms with van der Waals surface area (Å²) in [5.41, 5.74) is 5.99. The van der Waals surface area contributed by atoms with Crippen molar-refractivity contribution in [3.05, 3.63) is 72.1 Å². The van der Waals surface area contributed by atoms with Crippen molar-refractivity contribution in [1.29, 1.82) is 0 Å². The van der Waals surface area contributed by atoms with E-state index in [0.29, 0.717) is 0 Å². The van der Waals surface area contributed by atoms with Crippen molar-refractivity contribution in [3.63, 3.8) is 0 Å². The van der Waals surface area contributed by atoms with Crippen LogP contribution >= 0.6 is 0 Å². The van der Waals surface area contributed by atoms with Crippen molar-refractivity contribution in [2.24, 2.45) is 0 Å². The van der Waals surface area contributed by atoms with Gasteiger partial charge in [-0.15, -0.1) is 0 Å². The second kappa shape index (κ2) is 6.52. The molecule has 2 nitrogen and oxygen atoms in total. The Morgan fingerprint density at radius 1 is 0.727 bits per heavy atom. The van der Waals surface area contributed by atoms with Gasteiger partial charge in [0.2, 0.25) is 0 Å². The molecule has 22 heavy (non-hydrogen) atoms. The van der Waals surface area contributed by atoms with Crippen molar-refractivity contribution in [2.45, 2.75) is 26.7 Å². The molecule has 0 fully saturated rings. The monoisotopic (exact) mass is 288 g/mol. The van der Waals surface area contributed by atoms with E-state index in [1.54, 1.807) is 0 Å². The van der Waals surface area contributed by atoms with Crippen LogP contribution in [0.4, 0.5) is 0 Å². The number of rotatable bonds is 4. The fraction of sp³-hybridized carbons (Fsp3) is 0.200. The zero-order valence-electron chi connectivity index (χ0n) is 13.1. The molecule has 0 bridgehead atoms. The Morgan fingerprint density at radius 3 is 1.77 bits per heavy atom. The lowest BCUT2D eigenvalue weighted by Crippen LogP contribution is -1.89. The Hall–Kier alpha value is -2.48. The van der Waals surface area contributed by atoms with E-state index >= 15 is 0 Å². The van der Waals surface area contributed by atoms with Crippen molar-refractivity contribution < 1.29 is 0 Å². The molecule has 0 saturated carbocycles. The maximum absolute atomic E-state index is 4.37. The molecule has 2 aromatic carbocycles. The van der Waals surface area contributed by atoms with Gasteiger partial charge in [-0.2, -0.15) is 0 Å². The quantitative estimate of drug-likeness (QED) is 0.669. The van der Waals surface area contributed by atoms with Gasteiger partial charge in [0.1, 0.15) is 0 Å². The molecule has 2 heteroatoms. The van der Waals surface area contributed by atoms with Gasteiger partial charge in [0.05, 0.1) is 0 Å². The Balaban J connectivity index is 1.83. The summed E-state index contributed by atoms with van der Waals surface area (Å²) in [7, 11) is 0. The highest BCUT2D eigenvalue weighted by atomic mass is 14.9. The molecular formula is C20H20N2. The third kappa shape index (κ3) is 3.22. The molecule has 0 unspecified atom stereocenters. The van der Waals surface area contributed by atoms with Gasteiger partial charge in [0.15, 0.2) is 5.82 Å². The highest BCUT2D eigenvalue weighted by Gasteiger charge is 2.02. The summed E-state index contributed by atoms with van der Waals surface area (Å²) in [4.78, 5) is 8.74. The van der Waals surface area contributed by atoms with E-state index in [2.05, 4.69) is 65.4 Å². The number of aromatic nitrogens is 2. The van der Waals surface area contributed by atoms with Gasteiger partial charge in [-0.3, -0.25) is 0 Å². The Bertz CT molecular complexity index is 726. The van der Waals surface area contributed by atoms with Crippen molar-refractivity contribution in [3.8, 4) is 22.5 Å². The predicted octanol–water partition coefficient (Wildman–Crippen LogP) is 5.07. The number of aryl methyl sites for hydroxylation is 2. The Kier molecular flexibility index (Phi) is 4.29. The van der Waals surface area contributed by atoms with Crippen LogP contribution in [-0.4, -0.2) is 9.97 Å². The van der Waals surface area contributed by atoms with Crippen LogP contribution in [0.1, 0.15) is 24.5 Å². The molecule has 0 atom stereocenters. The average Bonchev–Trinajstić information content (AvgIpc) is 2.57. The summed E-state index contributed by atoms with van der Waals surface area (Å²) in [5, 5.41) is 0. The van der Waals surface area contributed by atoms with E-state index in [1.807, 2.05) is 19.3 Å². The Labute approximate surface area is 131 Å². The van der Waals surface area contributed by atoms with Crippen LogP contribution in [0.25, 0.3) is 22.5 Å². The molecule has 0 amide bonds. The minimum absolute atomic E-state index is 0.774. The van der Waals surface area contributed by atoms with Gasteiger partial charge >= 0.3 is 0 Å². The van der Waals surface area contributed by atoms with Gasteiger partial charge in [0.25, 0.3) is 0 Å². The first kappa shape index (κ1) is 14.5. The maximum atomic E-state index is 4.37. The standard InChI is InChI=1S/C20H20N2/c1-3-4-16-5-7-17(8-6-16)18-9-11-19(12-10-18)20-21-13-15(2)14-22-20/h5-14H,3-4H2,1-2H3. The van der Waals surface area contributed by atoms with E-state index in [9.17, 15) is 0 Å². The summed E-state index contributed by atoms with van der Waals surface area (Å²) < 4.78 is 0. The smallest absolute Gasteiger partial charge is 0.159 e. The highest BCUT2D eigenvalue weighted by molar-refractivity contribution is 5.67. The zero-order valence-corrected chi connectivity index (χ0v) is 13.1. The molecule has 0 aliphatic carbocycles. The van der Waals surface area contributed by atoms with E-state index in [0.717, 1.165) is 23.4 Å². The SMILES string of the molecule is CCCc1ccc(-c2ccc(-c3ncc(C)cn3)cc2)cc1. The van der Waals surface area contributed by atoms with Crippen LogP contribution in [0.2, 0.25) is 0 Å². The average molecular weight is 288 g/mol. The molecular weight excluding hydrogens is 268 g/mol. The first-order valence-electron chi connectivity index (χ1n) is 7.74. The van der Waals surface area contributed by atoms with Gasteiger partial charge < -0.3 is 0 Å². The van der Waals surface area contributed by atoms with Crippen molar-refractivity contribution >= 4 is 0 Å². The fourth-order valence-electron chi connectivity index (χ4n) is 2.51. The lowest BCUT2D eigenvalue weighted by molar-refractivity contribution is 0.922. The molecule has 1 aromatic heterocycles. The fourth-order valence-corrected chi connectivity index (χ4v) is 2.51. The molecule has 0 spiro atoms. The van der Waals surface area contributed by atoms with Crippen LogP contribution in [0.3, 0.4) is 0 Å². The summed E-state index contributed by atoms with van der Waals surface area (Å²) in [6.45, 7) is 4.20. The summed E-state index contributed by atoms with van der Waals surface area (Å²) in [6.07, 6.45) is 6.03. The third-order valence-electron chi connectivity index (χ3n) is 3.75. The van der Waals surface area contributed by atoms with Crippen LogP contribution < -0.4 is 0 Å². The predicted molar refractivity (Wildman–Crippen MR) is 91.6 cm³/mol. The minimum atomic E-state index is 0.774. The van der Waals surface area contributed by atoms with Crippen LogP contribution in [-0.2, 0) is 6.42 Å². The normalized spacial score (nSPS) is 10.6. The lowest BCUT2D eigenvalue weighted by Gasteiger charge is -2.05. The summed E-state index contributed by atoms with van der Waals surface area (Å²) in [6, 6.07) is 17.3. The number of hydrogen-bond acceptors (Lipinski definition) is 2. The number of nitrogens with zero attached hydrogens (tertiary/aromatic N) is 2. The molecule has 0 radical (unpaired) electrons. The van der Waals surface area contributed by atoms with Crippen molar-refractivity contribution in [1.82, 2.24) is 9.97 Å².